The van der Waals surface area contributed by atoms with Gasteiger partial charge in [-0.1, -0.05) is 38.5 Å². The molecule has 4 aliphatic carbocycles. The van der Waals surface area contributed by atoms with Gasteiger partial charge in [0.15, 0.2) is 0 Å². The average Bonchev–Trinajstić information content (AvgIpc) is 3.42. The van der Waals surface area contributed by atoms with Crippen molar-refractivity contribution in [3.8, 4) is 0 Å². The van der Waals surface area contributed by atoms with Gasteiger partial charge in [-0.25, -0.2) is 14.4 Å². The summed E-state index contributed by atoms with van der Waals surface area (Å²) in [6.45, 7) is 5.91. The number of nitrogens with one attached hydrogen (secondary N) is 1. The molecule has 4 fully saturated rings. The number of carbonyl (C=O) groups excluding carboxylic acids is 2. The lowest BCUT2D eigenvalue weighted by molar-refractivity contribution is -0.139. The van der Waals surface area contributed by atoms with Crippen molar-refractivity contribution in [3.63, 3.8) is 0 Å². The Bertz CT molecular complexity index is 935. The van der Waals surface area contributed by atoms with E-state index in [0.29, 0.717) is 24.4 Å². The highest BCUT2D eigenvalue weighted by molar-refractivity contribution is 5.80. The number of hydrogen-bond acceptors (Lipinski definition) is 5. The smallest absolute Gasteiger partial charge is 0.414 e. The summed E-state index contributed by atoms with van der Waals surface area (Å²) in [5, 5.41) is 12.6. The fraction of sp³-hybridized carbons (Fsp3) is 0.839. The van der Waals surface area contributed by atoms with Gasteiger partial charge in [0.2, 0.25) is 0 Å². The van der Waals surface area contributed by atoms with E-state index >= 15 is 0 Å². The van der Waals surface area contributed by atoms with Gasteiger partial charge in [0, 0.05) is 24.6 Å². The Kier molecular flexibility index (Phi) is 8.48. The van der Waals surface area contributed by atoms with Crippen LogP contribution in [0.1, 0.15) is 104 Å². The van der Waals surface area contributed by atoms with E-state index in [-0.39, 0.29) is 18.4 Å². The fourth-order valence-electron chi connectivity index (χ4n) is 8.81. The number of carboxylic acids is 1. The van der Waals surface area contributed by atoms with Crippen molar-refractivity contribution < 1.29 is 29.0 Å². The molecule has 7 unspecified atom stereocenters. The normalized spacial score (nSPS) is 34.7. The fourth-order valence-corrected chi connectivity index (χ4v) is 8.81. The molecule has 0 radical (unpaired) electrons. The zero-order chi connectivity index (χ0) is 27.7. The summed E-state index contributed by atoms with van der Waals surface area (Å²) in [5.41, 5.74) is 0.283. The highest BCUT2D eigenvalue weighted by Crippen LogP contribution is 2.57. The number of amides is 2. The molecule has 1 aliphatic heterocycles. The topological polar surface area (TPSA) is 105 Å². The maximum absolute atomic E-state index is 12.9. The molecule has 0 aromatic carbocycles. The second-order valence-corrected chi connectivity index (χ2v) is 13.8. The Labute approximate surface area is 233 Å². The van der Waals surface area contributed by atoms with Gasteiger partial charge in [-0.05, 0) is 94.5 Å². The van der Waals surface area contributed by atoms with Gasteiger partial charge in [-0.15, -0.1) is 0 Å². The summed E-state index contributed by atoms with van der Waals surface area (Å²) in [6, 6.07) is -1.11. The molecule has 5 rings (SSSR count). The van der Waals surface area contributed by atoms with Crippen LogP contribution in [0.15, 0.2) is 11.8 Å². The molecule has 2 N–H and O–H groups in total. The van der Waals surface area contributed by atoms with Crippen LogP contribution in [0, 0.1) is 35.5 Å². The van der Waals surface area contributed by atoms with Crippen molar-refractivity contribution in [1.29, 1.82) is 0 Å². The molecule has 5 aliphatic rings. The molecule has 2 amide bonds. The van der Waals surface area contributed by atoms with Gasteiger partial charge in [-0.3, -0.25) is 4.90 Å². The third-order valence-corrected chi connectivity index (χ3v) is 10.3. The lowest BCUT2D eigenvalue weighted by Gasteiger charge is -2.34. The quantitative estimate of drug-likeness (QED) is 0.396. The Morgan fingerprint density at radius 1 is 0.923 bits per heavy atom. The van der Waals surface area contributed by atoms with E-state index in [1.54, 1.807) is 11.1 Å². The van der Waals surface area contributed by atoms with Crippen molar-refractivity contribution in [3.05, 3.63) is 11.8 Å². The minimum Gasteiger partial charge on any atom is -0.480 e. The first-order chi connectivity index (χ1) is 18.6. The van der Waals surface area contributed by atoms with Gasteiger partial charge in [0.1, 0.15) is 11.6 Å². The predicted octanol–water partition coefficient (Wildman–Crippen LogP) is 6.49. The number of carbonyl (C=O) groups is 3. The molecular formula is C31H48N2O6. The minimum atomic E-state index is -1.10. The van der Waals surface area contributed by atoms with E-state index in [1.807, 2.05) is 20.8 Å². The van der Waals surface area contributed by atoms with E-state index in [4.69, 9.17) is 9.47 Å². The number of carboxylic acid groups (broad SMARTS) is 1. The van der Waals surface area contributed by atoms with E-state index in [2.05, 4.69) is 5.32 Å². The molecule has 8 nitrogen and oxygen atoms in total. The van der Waals surface area contributed by atoms with Gasteiger partial charge < -0.3 is 19.9 Å². The first-order valence-electron chi connectivity index (χ1n) is 15.5. The van der Waals surface area contributed by atoms with Gasteiger partial charge in [-0.2, -0.15) is 0 Å². The zero-order valence-corrected chi connectivity index (χ0v) is 24.0. The van der Waals surface area contributed by atoms with E-state index in [1.165, 1.54) is 51.4 Å². The Morgan fingerprint density at radius 3 is 2.08 bits per heavy atom. The molecule has 1 heterocycles. The van der Waals surface area contributed by atoms with Crippen LogP contribution < -0.4 is 5.32 Å². The Hall–Kier alpha value is -2.25. The van der Waals surface area contributed by atoms with Crippen LogP contribution in [0.25, 0.3) is 0 Å². The van der Waals surface area contributed by atoms with E-state index < -0.39 is 29.8 Å². The summed E-state index contributed by atoms with van der Waals surface area (Å²) in [5.74, 6) is 2.24. The summed E-state index contributed by atoms with van der Waals surface area (Å²) in [4.78, 5) is 39.7. The summed E-state index contributed by atoms with van der Waals surface area (Å²) in [6.07, 6.45) is 15.0. The molecule has 218 valence electrons. The first-order valence-corrected chi connectivity index (χ1v) is 15.5. The number of rotatable bonds is 6. The average molecular weight is 545 g/mol. The van der Waals surface area contributed by atoms with Crippen LogP contribution >= 0.6 is 0 Å². The molecule has 0 aromatic rings. The number of hydrogen-bond donors (Lipinski definition) is 2. The monoisotopic (exact) mass is 544 g/mol. The van der Waals surface area contributed by atoms with Crippen molar-refractivity contribution >= 4 is 18.2 Å². The van der Waals surface area contributed by atoms with E-state index in [9.17, 15) is 19.5 Å². The minimum absolute atomic E-state index is 0.0146. The predicted molar refractivity (Wildman–Crippen MR) is 147 cm³/mol. The molecule has 4 saturated carbocycles. The SMILES string of the molecule is CC(C)(C)OC(=O)N1C=C(CC(NC(=O)OCC2C3CCCCC3C3CCCCC32)C(=O)O)C2CCCCC21. The molecule has 7 atom stereocenters. The number of nitrogens with zero attached hydrogens (tertiary/aromatic N) is 1. The summed E-state index contributed by atoms with van der Waals surface area (Å²) in [7, 11) is 0. The van der Waals surface area contributed by atoms with Gasteiger partial charge >= 0.3 is 18.2 Å². The second kappa shape index (κ2) is 11.7. The first kappa shape index (κ1) is 28.3. The Morgan fingerprint density at radius 2 is 1.49 bits per heavy atom. The zero-order valence-electron chi connectivity index (χ0n) is 24.0. The molecule has 0 aromatic heterocycles. The summed E-state index contributed by atoms with van der Waals surface area (Å²) < 4.78 is 11.4. The van der Waals surface area contributed by atoms with Crippen LogP contribution in [0.2, 0.25) is 0 Å². The van der Waals surface area contributed by atoms with Crippen LogP contribution in [0.3, 0.4) is 0 Å². The molecule has 39 heavy (non-hydrogen) atoms. The third kappa shape index (κ3) is 6.25. The van der Waals surface area contributed by atoms with Crippen molar-refractivity contribution in [1.82, 2.24) is 10.2 Å². The third-order valence-electron chi connectivity index (χ3n) is 10.3. The lowest BCUT2D eigenvalue weighted by Crippen LogP contribution is -2.43. The maximum Gasteiger partial charge on any atom is 0.414 e. The summed E-state index contributed by atoms with van der Waals surface area (Å²) >= 11 is 0. The van der Waals surface area contributed by atoms with Crippen LogP contribution in [0.5, 0.6) is 0 Å². The number of aliphatic carboxylic acids is 1. The molecule has 0 saturated heterocycles. The molecular weight excluding hydrogens is 496 g/mol. The standard InChI is InChI=1S/C31H48N2O6/c1-31(2,3)39-30(37)33-17-19(20-10-8-9-15-27(20)33)16-26(28(34)35)32-29(36)38-18-25-23-13-6-4-11-21(23)22-12-5-7-14-24(22)25/h17,20-27H,4-16,18H2,1-3H3,(H,32,36)(H,34,35). The lowest BCUT2D eigenvalue weighted by atomic mass is 9.73. The van der Waals surface area contributed by atoms with Crippen LogP contribution in [-0.4, -0.2) is 52.5 Å². The number of fused-ring (bicyclic) bond motifs is 4. The van der Waals surface area contributed by atoms with Crippen LogP contribution in [0.4, 0.5) is 9.59 Å². The van der Waals surface area contributed by atoms with Crippen molar-refractivity contribution in [2.24, 2.45) is 35.5 Å². The molecule has 0 spiro atoms. The number of ether oxygens (including phenoxy) is 2. The van der Waals surface area contributed by atoms with Crippen molar-refractivity contribution in [2.45, 2.75) is 122 Å². The highest BCUT2D eigenvalue weighted by atomic mass is 16.6. The van der Waals surface area contributed by atoms with E-state index in [0.717, 1.165) is 43.1 Å². The van der Waals surface area contributed by atoms with Crippen LogP contribution in [-0.2, 0) is 14.3 Å². The molecule has 8 heteroatoms. The Balaban J connectivity index is 1.21. The van der Waals surface area contributed by atoms with Gasteiger partial charge in [0.05, 0.1) is 6.61 Å². The second-order valence-electron chi connectivity index (χ2n) is 13.8. The number of alkyl carbamates (subject to hydrolysis) is 1. The largest absolute Gasteiger partial charge is 0.480 e. The highest BCUT2D eigenvalue weighted by Gasteiger charge is 2.51. The van der Waals surface area contributed by atoms with Crippen molar-refractivity contribution in [2.75, 3.05) is 6.61 Å². The molecule has 0 bridgehead atoms. The maximum atomic E-state index is 12.9. The van der Waals surface area contributed by atoms with Gasteiger partial charge in [0.25, 0.3) is 0 Å².